The third-order valence-corrected chi connectivity index (χ3v) is 19.0. The summed E-state index contributed by atoms with van der Waals surface area (Å²) in [5.41, 5.74) is 3.54. The fourth-order valence-corrected chi connectivity index (χ4v) is 13.6. The Kier molecular flexibility index (Phi) is 54.4. The number of nitrogens with one attached hydrogen (secondary N) is 8. The summed E-state index contributed by atoms with van der Waals surface area (Å²) in [4.78, 5) is 119. The van der Waals surface area contributed by atoms with E-state index in [-0.39, 0.29) is 221 Å². The molecule has 0 aliphatic heterocycles. The van der Waals surface area contributed by atoms with E-state index in [1.165, 1.54) is 118 Å². The maximum absolute atomic E-state index is 13.2. The van der Waals surface area contributed by atoms with Crippen molar-refractivity contribution in [2.75, 3.05) is 35.4 Å². The second-order valence-corrected chi connectivity index (χ2v) is 30.5. The van der Waals surface area contributed by atoms with Gasteiger partial charge in [0.1, 0.15) is 32.0 Å². The first-order valence-electron chi connectivity index (χ1n) is 33.9. The average Bonchev–Trinajstić information content (AvgIpc) is 1.70. The van der Waals surface area contributed by atoms with Crippen LogP contribution < -0.4 is 42.5 Å². The van der Waals surface area contributed by atoms with E-state index >= 15 is 0 Å². The predicted molar refractivity (Wildman–Crippen MR) is 540 cm³/mol. The van der Waals surface area contributed by atoms with Crippen molar-refractivity contribution in [3.05, 3.63) is 273 Å². The van der Waals surface area contributed by atoms with Gasteiger partial charge in [-0.1, -0.05) is 205 Å². The standard InChI is InChI=1S/C21H18BrClN6O2.C19H14BrClN6O2.C19H15Cl4N5O2.C17H11Cl4N5O2.12CH4/c1-11(2)26-20(30)14-8-13(10-24)7-12(3)18(14)27-21(31)16-9-17(22)28-29(16)19-15(23)5-4-6-25-19;1-10-6-11(9-22)7-12(18(28)23-2)16(10)25-19(29)14-8-15(20)26-27(14)17-13(21)4-3-5-24-17;1-9(2)25-18(29)11-6-10(20)7-13(22)16(11)26-19(30)14-8-15(23)27-28(14)17-12(21)4-3-5-24-17;1-22-16(27)9-5-8(18)6-11(20)14(9)24-17(28)12-7-13(21)25-26(12)15-10(19)3-2-4-23-15;;;;;;;;;;;;/h4-9,11H,1-3H3,(H,26,30)(H,27,31);3-8H,1-2H3,(H,23,28)(H,25,29);3-9H,1-2H3,(H,25,29)(H,26,30);2-7H,1H3,(H,22,27)(H,24,28);12*1H4. The lowest BCUT2D eigenvalue weighted by molar-refractivity contribution is 0.0934. The zero-order chi connectivity index (χ0) is 86.3. The zero-order valence-corrected chi connectivity index (χ0v) is 72.8. The van der Waals surface area contributed by atoms with Crippen LogP contribution in [-0.2, 0) is 0 Å². The molecule has 0 radical (unpaired) electrons. The molecule has 8 aromatic heterocycles. The number of carbonyl (C=O) groups is 8. The SMILES string of the molecule is C.C.C.C.C.C.C.C.C.C.C.C.CC(C)NC(=O)c1cc(Cl)cc(Cl)c1NC(=O)c1cc(Cl)nn1-c1ncccc1Cl.CNC(=O)c1cc(C#N)cc(C)c1NC(=O)c1cc(Br)nn1-c1ncccc1Cl.CNC(=O)c1cc(Cl)cc(Cl)c1NC(=O)c1cc(Cl)nn1-c1ncccc1Cl.Cc1cc(C#N)cc(C(=O)NC(C)C)c1NC(=O)c1cc(Br)nn1-c1ncccc1Cl. The molecule has 8 heterocycles. The molecule has 42 heteroatoms. The molecule has 4 aromatic carbocycles. The Labute approximate surface area is 826 Å². The van der Waals surface area contributed by atoms with Gasteiger partial charge in [-0.15, -0.1) is 0 Å². The topological polar surface area (TPSA) is 403 Å². The van der Waals surface area contributed by atoms with Gasteiger partial charge in [0.15, 0.2) is 33.6 Å². The van der Waals surface area contributed by atoms with Crippen molar-refractivity contribution in [1.29, 1.82) is 10.5 Å². The first-order valence-corrected chi connectivity index (χ1v) is 39.3. The maximum atomic E-state index is 13.2. The largest absolute Gasteiger partial charge is 0.355 e. The highest BCUT2D eigenvalue weighted by molar-refractivity contribution is 9.10. The first-order chi connectivity index (χ1) is 56.0. The fourth-order valence-electron chi connectivity index (χ4n) is 10.6. The van der Waals surface area contributed by atoms with E-state index in [1.807, 2.05) is 26.0 Å². The quantitative estimate of drug-likeness (QED) is 0.0395. The Hall–Kier alpha value is -11.1. The number of carbonyl (C=O) groups excluding carboxylic acids is 8. The summed E-state index contributed by atoms with van der Waals surface area (Å²) < 4.78 is 5.84. The average molecular weight is 2110 g/mol. The van der Waals surface area contributed by atoms with Gasteiger partial charge in [-0.05, 0) is 182 Å². The van der Waals surface area contributed by atoms with Crippen LogP contribution in [0.3, 0.4) is 0 Å². The monoisotopic (exact) mass is 2110 g/mol. The van der Waals surface area contributed by atoms with Crippen molar-refractivity contribution in [2.45, 2.75) is 143 Å². The molecule has 12 rings (SSSR count). The number of hydrogen-bond donors (Lipinski definition) is 8. The van der Waals surface area contributed by atoms with Gasteiger partial charge in [0.05, 0.1) is 98.4 Å². The van der Waals surface area contributed by atoms with Crippen LogP contribution in [0.5, 0.6) is 0 Å². The summed E-state index contributed by atoms with van der Waals surface area (Å²) in [6.07, 6.45) is 6.08. The second kappa shape index (κ2) is 56.5. The Balaban J connectivity index is -0.000000790. The molecule has 30 nitrogen and oxygen atoms in total. The maximum Gasteiger partial charge on any atom is 0.274 e. The number of halogens is 12. The smallest absolute Gasteiger partial charge is 0.274 e. The number of pyridine rings is 4. The Morgan fingerprint density at radius 1 is 0.338 bits per heavy atom. The number of aromatic nitrogens is 12. The molecule has 0 saturated carbocycles. The van der Waals surface area contributed by atoms with Crippen molar-refractivity contribution in [1.82, 2.24) is 80.3 Å². The molecule has 0 fully saturated rings. The number of nitriles is 2. The molecular formula is C88H106Br2Cl10N22O8. The van der Waals surface area contributed by atoms with E-state index in [4.69, 9.17) is 116 Å². The zero-order valence-electron chi connectivity index (χ0n) is 62.1. The minimum absolute atomic E-state index is 0. The Morgan fingerprint density at radius 3 is 0.862 bits per heavy atom. The number of rotatable bonds is 18. The van der Waals surface area contributed by atoms with E-state index in [0.717, 1.165) is 0 Å². The minimum Gasteiger partial charge on any atom is -0.355 e. The van der Waals surface area contributed by atoms with Crippen LogP contribution in [0.1, 0.15) is 222 Å². The molecule has 8 amide bonds. The van der Waals surface area contributed by atoms with Gasteiger partial charge in [0.25, 0.3) is 47.3 Å². The van der Waals surface area contributed by atoms with Gasteiger partial charge in [0.2, 0.25) is 0 Å². The summed E-state index contributed by atoms with van der Waals surface area (Å²) in [5, 5.41) is 58.3. The van der Waals surface area contributed by atoms with E-state index < -0.39 is 47.3 Å². The van der Waals surface area contributed by atoms with Crippen molar-refractivity contribution >= 4 is 218 Å². The Bertz CT molecular complexity index is 6050. The third-order valence-electron chi connectivity index (χ3n) is 15.7. The summed E-state index contributed by atoms with van der Waals surface area (Å²) in [7, 11) is 2.91. The summed E-state index contributed by atoms with van der Waals surface area (Å²) in [6, 6.07) is 34.3. The molecule has 0 unspecified atom stereocenters. The highest BCUT2D eigenvalue weighted by atomic mass is 79.9. The van der Waals surface area contributed by atoms with Crippen molar-refractivity contribution in [2.24, 2.45) is 0 Å². The fraction of sp³-hybridized carbons (Fsp3) is 0.250. The summed E-state index contributed by atoms with van der Waals surface area (Å²) >= 11 is 67.8. The van der Waals surface area contributed by atoms with Gasteiger partial charge >= 0.3 is 0 Å². The molecule has 12 aromatic rings. The highest BCUT2D eigenvalue weighted by Crippen LogP contribution is 2.36. The minimum atomic E-state index is -0.629. The van der Waals surface area contributed by atoms with Crippen LogP contribution in [0, 0.1) is 36.5 Å². The predicted octanol–water partition coefficient (Wildman–Crippen LogP) is 25.1. The lowest BCUT2D eigenvalue weighted by atomic mass is 10.0. The Morgan fingerprint density at radius 2 is 0.592 bits per heavy atom. The molecule has 8 N–H and O–H groups in total. The lowest BCUT2D eigenvalue weighted by Crippen LogP contribution is -2.31. The molecule has 0 saturated heterocycles. The first kappa shape index (κ1) is 125. The van der Waals surface area contributed by atoms with E-state index in [1.54, 1.807) is 88.4 Å². The summed E-state index contributed by atoms with van der Waals surface area (Å²) in [6.45, 7) is 10.7. The van der Waals surface area contributed by atoms with E-state index in [0.29, 0.717) is 52.9 Å². The van der Waals surface area contributed by atoms with Gasteiger partial charge in [-0.25, -0.2) is 38.7 Å². The number of anilines is 4. The van der Waals surface area contributed by atoms with Crippen LogP contribution in [-0.4, -0.2) is 132 Å². The van der Waals surface area contributed by atoms with E-state index in [2.05, 4.69) is 115 Å². The van der Waals surface area contributed by atoms with Gasteiger partial charge < -0.3 is 42.5 Å². The highest BCUT2D eigenvalue weighted by Gasteiger charge is 2.29. The van der Waals surface area contributed by atoms with Gasteiger partial charge in [-0.2, -0.15) is 30.9 Å². The molecule has 130 heavy (non-hydrogen) atoms. The van der Waals surface area contributed by atoms with E-state index in [9.17, 15) is 48.9 Å². The van der Waals surface area contributed by atoms with Crippen LogP contribution in [0.25, 0.3) is 23.3 Å². The van der Waals surface area contributed by atoms with Crippen molar-refractivity contribution in [3.63, 3.8) is 0 Å². The number of nitrogens with zero attached hydrogens (tertiary/aromatic N) is 14. The van der Waals surface area contributed by atoms with Gasteiger partial charge in [-0.3, -0.25) is 38.4 Å². The van der Waals surface area contributed by atoms with Gasteiger partial charge in [0, 0.05) is 85.3 Å². The summed E-state index contributed by atoms with van der Waals surface area (Å²) in [5.74, 6) is -3.03. The molecular weight excluding hydrogens is 2010 g/mol. The molecule has 0 bridgehead atoms. The van der Waals surface area contributed by atoms with Crippen LogP contribution in [0.2, 0.25) is 50.5 Å². The molecule has 0 spiro atoms. The number of aryl methyl sites for hydroxylation is 2. The molecule has 700 valence electrons. The lowest BCUT2D eigenvalue weighted by Gasteiger charge is -2.16. The van der Waals surface area contributed by atoms with Crippen LogP contribution >= 0.6 is 148 Å². The van der Waals surface area contributed by atoms with Crippen LogP contribution in [0.15, 0.2) is 155 Å². The van der Waals surface area contributed by atoms with Crippen molar-refractivity contribution < 1.29 is 38.4 Å². The van der Waals surface area contributed by atoms with Crippen LogP contribution in [0.4, 0.5) is 22.7 Å². The third kappa shape index (κ3) is 31.1. The van der Waals surface area contributed by atoms with Crippen molar-refractivity contribution in [3.8, 4) is 35.4 Å². The number of hydrogen-bond acceptors (Lipinski definition) is 18. The number of benzene rings is 4. The normalized spacial score (nSPS) is 9.63. The second-order valence-electron chi connectivity index (χ2n) is 24.8. The molecule has 0 aliphatic carbocycles. The number of amides is 8. The molecule has 0 atom stereocenters. The molecule has 0 aliphatic rings.